The molecule has 0 spiro atoms. The van der Waals surface area contributed by atoms with Gasteiger partial charge in [-0.05, 0) is 12.5 Å². The van der Waals surface area contributed by atoms with E-state index < -0.39 is 5.97 Å². The molecule has 0 aromatic carbocycles. The molecular weight excluding hydrogens is 290 g/mol. The molecule has 0 saturated carbocycles. The average molecular weight is 307 g/mol. The smallest absolute Gasteiger partial charge is 0.346 e. The van der Waals surface area contributed by atoms with Crippen LogP contribution in [0.5, 0.6) is 0 Å². The van der Waals surface area contributed by atoms with Crippen molar-refractivity contribution in [2.75, 3.05) is 31.7 Å². The van der Waals surface area contributed by atoms with Crippen molar-refractivity contribution in [1.29, 1.82) is 0 Å². The summed E-state index contributed by atoms with van der Waals surface area (Å²) < 4.78 is 5.12. The van der Waals surface area contributed by atoms with Crippen molar-refractivity contribution in [3.8, 4) is 0 Å². The number of nitrogens with zero attached hydrogens (tertiary/aromatic N) is 3. The van der Waals surface area contributed by atoms with E-state index in [1.807, 2.05) is 4.90 Å². The molecule has 0 radical (unpaired) electrons. The van der Waals surface area contributed by atoms with E-state index in [9.17, 15) is 9.90 Å². The quantitative estimate of drug-likeness (QED) is 0.791. The third-order valence-electron chi connectivity index (χ3n) is 3.12. The van der Waals surface area contributed by atoms with Crippen molar-refractivity contribution in [3.63, 3.8) is 0 Å². The van der Waals surface area contributed by atoms with E-state index in [1.165, 1.54) is 17.7 Å². The van der Waals surface area contributed by atoms with E-state index in [4.69, 9.17) is 4.74 Å². The van der Waals surface area contributed by atoms with Crippen LogP contribution in [0.15, 0.2) is 19.0 Å². The molecule has 1 N–H and O–H groups in total. The van der Waals surface area contributed by atoms with E-state index in [0.717, 1.165) is 11.2 Å². The predicted molar refractivity (Wildman–Crippen MR) is 83.4 cm³/mol. The largest absolute Gasteiger partial charge is 0.477 e. The molecule has 6 nitrogen and oxygen atoms in total. The molecule has 0 aliphatic rings. The first-order chi connectivity index (χ1) is 10.1. The first-order valence-electron chi connectivity index (χ1n) is 6.42. The Morgan fingerprint density at radius 3 is 2.95 bits per heavy atom. The van der Waals surface area contributed by atoms with Crippen LogP contribution < -0.4 is 4.90 Å². The molecular formula is C14H17N3O3S. The summed E-state index contributed by atoms with van der Waals surface area (Å²) in [5, 5.41) is 10.0. The van der Waals surface area contributed by atoms with Crippen molar-refractivity contribution in [3.05, 3.63) is 29.4 Å². The number of hydrogen-bond donors (Lipinski definition) is 1. The maximum absolute atomic E-state index is 11.3. The van der Waals surface area contributed by atoms with E-state index in [1.54, 1.807) is 20.1 Å². The molecule has 2 aromatic heterocycles. The maximum atomic E-state index is 11.3. The van der Waals surface area contributed by atoms with Crippen LogP contribution in [-0.4, -0.2) is 47.8 Å². The summed E-state index contributed by atoms with van der Waals surface area (Å²) in [7, 11) is 1.64. The molecule has 0 amide bonds. The number of rotatable bonds is 7. The molecule has 112 valence electrons. The molecule has 0 saturated heterocycles. The Morgan fingerprint density at radius 1 is 1.57 bits per heavy atom. The van der Waals surface area contributed by atoms with Crippen LogP contribution in [0.1, 0.15) is 15.2 Å². The second kappa shape index (κ2) is 6.64. The van der Waals surface area contributed by atoms with Gasteiger partial charge in [-0.15, -0.1) is 17.9 Å². The summed E-state index contributed by atoms with van der Waals surface area (Å²) in [5.41, 5.74) is 0.699. The van der Waals surface area contributed by atoms with Gasteiger partial charge in [0.05, 0.1) is 12.0 Å². The highest BCUT2D eigenvalue weighted by molar-refractivity contribution is 7.20. The topological polar surface area (TPSA) is 75.5 Å². The maximum Gasteiger partial charge on any atom is 0.346 e. The van der Waals surface area contributed by atoms with Crippen molar-refractivity contribution in [1.82, 2.24) is 9.97 Å². The highest BCUT2D eigenvalue weighted by Crippen LogP contribution is 2.34. The van der Waals surface area contributed by atoms with Crippen LogP contribution in [-0.2, 0) is 4.74 Å². The minimum atomic E-state index is -0.936. The van der Waals surface area contributed by atoms with Crippen LogP contribution >= 0.6 is 11.3 Å². The Kier molecular flexibility index (Phi) is 4.87. The number of ether oxygens (including phenoxy) is 1. The lowest BCUT2D eigenvalue weighted by Gasteiger charge is -2.22. The number of carboxylic acid groups (broad SMARTS) is 1. The number of aryl methyl sites for hydroxylation is 1. The van der Waals surface area contributed by atoms with E-state index in [-0.39, 0.29) is 0 Å². The number of aromatic nitrogens is 2. The fraction of sp³-hybridized carbons (Fsp3) is 0.357. The zero-order chi connectivity index (χ0) is 15.4. The van der Waals surface area contributed by atoms with Gasteiger partial charge < -0.3 is 14.7 Å². The van der Waals surface area contributed by atoms with Gasteiger partial charge in [-0.3, -0.25) is 0 Å². The molecule has 21 heavy (non-hydrogen) atoms. The lowest BCUT2D eigenvalue weighted by Crippen LogP contribution is -2.28. The van der Waals surface area contributed by atoms with Crippen molar-refractivity contribution in [2.45, 2.75) is 6.92 Å². The Labute approximate surface area is 126 Å². The van der Waals surface area contributed by atoms with Gasteiger partial charge in [-0.1, -0.05) is 6.08 Å². The Hall–Kier alpha value is -1.99. The highest BCUT2D eigenvalue weighted by Gasteiger charge is 2.20. The summed E-state index contributed by atoms with van der Waals surface area (Å²) >= 11 is 1.17. The van der Waals surface area contributed by atoms with Crippen LogP contribution in [0.4, 0.5) is 5.82 Å². The van der Waals surface area contributed by atoms with Gasteiger partial charge >= 0.3 is 5.97 Å². The van der Waals surface area contributed by atoms with Crippen molar-refractivity contribution in [2.24, 2.45) is 0 Å². The standard InChI is InChI=1S/C14H17N3O3S/c1-4-5-17(6-7-20-3)12-10-9(2)11(14(18)19)21-13(10)16-8-15-12/h4,8H,1,5-7H2,2-3H3,(H,18,19). The number of carbonyl (C=O) groups is 1. The first kappa shape index (κ1) is 15.4. The number of methoxy groups -OCH3 is 1. The fourth-order valence-electron chi connectivity index (χ4n) is 2.14. The number of carboxylic acids is 1. The van der Waals surface area contributed by atoms with E-state index in [0.29, 0.717) is 35.0 Å². The van der Waals surface area contributed by atoms with Crippen LogP contribution in [0.3, 0.4) is 0 Å². The second-order valence-corrected chi connectivity index (χ2v) is 5.47. The highest BCUT2D eigenvalue weighted by atomic mass is 32.1. The molecule has 0 aliphatic carbocycles. The summed E-state index contributed by atoms with van der Waals surface area (Å²) in [6, 6.07) is 0. The normalized spacial score (nSPS) is 10.8. The lowest BCUT2D eigenvalue weighted by molar-refractivity contribution is 0.0701. The van der Waals surface area contributed by atoms with Gasteiger partial charge in [0.1, 0.15) is 21.9 Å². The fourth-order valence-corrected chi connectivity index (χ4v) is 3.12. The SMILES string of the molecule is C=CCN(CCOC)c1ncnc2sc(C(=O)O)c(C)c12. The van der Waals surface area contributed by atoms with Gasteiger partial charge in [-0.2, -0.15) is 0 Å². The van der Waals surface area contributed by atoms with Gasteiger partial charge in [0, 0.05) is 20.2 Å². The molecule has 0 aliphatic heterocycles. The number of aromatic carboxylic acids is 1. The average Bonchev–Trinajstić information content (AvgIpc) is 2.81. The van der Waals surface area contributed by atoms with Gasteiger partial charge in [0.15, 0.2) is 0 Å². The second-order valence-electron chi connectivity index (χ2n) is 4.47. The number of hydrogen-bond acceptors (Lipinski definition) is 6. The van der Waals surface area contributed by atoms with Gasteiger partial charge in [-0.25, -0.2) is 14.8 Å². The molecule has 2 heterocycles. The third kappa shape index (κ3) is 3.03. The summed E-state index contributed by atoms with van der Waals surface area (Å²) in [6.45, 7) is 7.34. The van der Waals surface area contributed by atoms with Crippen molar-refractivity contribution < 1.29 is 14.6 Å². The molecule has 0 fully saturated rings. The summed E-state index contributed by atoms with van der Waals surface area (Å²) in [6.07, 6.45) is 3.24. The molecule has 2 aromatic rings. The number of thiophene rings is 1. The summed E-state index contributed by atoms with van der Waals surface area (Å²) in [5.74, 6) is -0.216. The predicted octanol–water partition coefficient (Wildman–Crippen LogP) is 2.34. The first-order valence-corrected chi connectivity index (χ1v) is 7.24. The number of anilines is 1. The van der Waals surface area contributed by atoms with Crippen LogP contribution in [0.2, 0.25) is 0 Å². The lowest BCUT2D eigenvalue weighted by atomic mass is 10.2. The molecule has 0 unspecified atom stereocenters. The van der Waals surface area contributed by atoms with E-state index in [2.05, 4.69) is 16.5 Å². The Morgan fingerprint density at radius 2 is 2.33 bits per heavy atom. The van der Waals surface area contributed by atoms with Crippen molar-refractivity contribution >= 4 is 33.3 Å². The number of fused-ring (bicyclic) bond motifs is 1. The zero-order valence-electron chi connectivity index (χ0n) is 12.0. The minimum absolute atomic E-state index is 0.303. The minimum Gasteiger partial charge on any atom is -0.477 e. The Bertz CT molecular complexity index is 669. The van der Waals surface area contributed by atoms with Crippen LogP contribution in [0.25, 0.3) is 10.2 Å². The van der Waals surface area contributed by atoms with E-state index >= 15 is 0 Å². The molecule has 7 heteroatoms. The Balaban J connectivity index is 2.56. The van der Waals surface area contributed by atoms with Crippen LogP contribution in [0, 0.1) is 6.92 Å². The molecule has 0 bridgehead atoms. The third-order valence-corrected chi connectivity index (χ3v) is 4.30. The summed E-state index contributed by atoms with van der Waals surface area (Å²) in [4.78, 5) is 22.8. The van der Waals surface area contributed by atoms with Gasteiger partial charge in [0.25, 0.3) is 0 Å². The monoisotopic (exact) mass is 307 g/mol. The molecule has 2 rings (SSSR count). The molecule has 0 atom stereocenters. The zero-order valence-corrected chi connectivity index (χ0v) is 12.8. The van der Waals surface area contributed by atoms with Gasteiger partial charge in [0.2, 0.25) is 0 Å².